The normalized spacial score (nSPS) is 4.67. The van der Waals surface area contributed by atoms with Crippen molar-refractivity contribution in [3.63, 3.8) is 0 Å². The summed E-state index contributed by atoms with van der Waals surface area (Å²) in [7, 11) is 0. The summed E-state index contributed by atoms with van der Waals surface area (Å²) in [6.07, 6.45) is 1.35. The van der Waals surface area contributed by atoms with Crippen molar-refractivity contribution in [1.82, 2.24) is 0 Å². The Balaban J connectivity index is 3.64. The summed E-state index contributed by atoms with van der Waals surface area (Å²) >= 11 is 4.20. The van der Waals surface area contributed by atoms with Crippen LogP contribution in [0, 0.1) is 0 Å². The number of isothiocyanates is 1. The molecule has 0 heterocycles. The number of hydrogen-bond donors (Lipinski definition) is 0. The SMILES string of the molecule is C=C=CN=C=S. The summed E-state index contributed by atoms with van der Waals surface area (Å²) in [6, 6.07) is 0. The van der Waals surface area contributed by atoms with Crippen LogP contribution in [0.5, 0.6) is 0 Å². The lowest BCUT2D eigenvalue weighted by atomic mass is 10.9. The van der Waals surface area contributed by atoms with Gasteiger partial charge >= 0.3 is 0 Å². The smallest absolute Gasteiger partial charge is 0.0790 e. The molecule has 0 bridgehead atoms. The number of rotatable bonds is 1. The van der Waals surface area contributed by atoms with E-state index in [1.54, 1.807) is 0 Å². The molecular weight excluding hydrogens is 94.1 g/mol. The van der Waals surface area contributed by atoms with Gasteiger partial charge in [-0.3, -0.25) is 0 Å². The van der Waals surface area contributed by atoms with Crippen LogP contribution in [0.15, 0.2) is 23.5 Å². The summed E-state index contributed by atoms with van der Waals surface area (Å²) in [5, 5.41) is 2.12. The van der Waals surface area contributed by atoms with Crippen molar-refractivity contribution in [2.45, 2.75) is 0 Å². The fourth-order valence-corrected chi connectivity index (χ4v) is 0.125. The Morgan fingerprint density at radius 1 is 1.83 bits per heavy atom. The van der Waals surface area contributed by atoms with E-state index in [0.717, 1.165) is 0 Å². The third-order valence-corrected chi connectivity index (χ3v) is 0.314. The largest absolute Gasteiger partial charge is 0.194 e. The predicted molar refractivity (Wildman–Crippen MR) is 28.7 cm³/mol. The molecule has 6 heavy (non-hydrogen) atoms. The van der Waals surface area contributed by atoms with Gasteiger partial charge in [-0.1, -0.05) is 6.58 Å². The first-order chi connectivity index (χ1) is 2.91. The zero-order chi connectivity index (χ0) is 4.83. The Kier molecular flexibility index (Phi) is 3.83. The lowest BCUT2D eigenvalue weighted by Gasteiger charge is -1.50. The minimum Gasteiger partial charge on any atom is -0.194 e. The van der Waals surface area contributed by atoms with Crippen molar-refractivity contribution in [2.24, 2.45) is 4.99 Å². The van der Waals surface area contributed by atoms with Gasteiger partial charge in [0.15, 0.2) is 0 Å². The first-order valence-corrected chi connectivity index (χ1v) is 1.74. The molecule has 0 unspecified atom stereocenters. The Morgan fingerprint density at radius 3 is 2.67 bits per heavy atom. The Bertz CT molecular complexity index is 99.5. The summed E-state index contributed by atoms with van der Waals surface area (Å²) in [6.45, 7) is 3.24. The van der Waals surface area contributed by atoms with E-state index in [2.05, 4.69) is 34.7 Å². The zero-order valence-electron chi connectivity index (χ0n) is 3.14. The zero-order valence-corrected chi connectivity index (χ0v) is 3.96. The quantitative estimate of drug-likeness (QED) is 0.273. The van der Waals surface area contributed by atoms with Crippen LogP contribution in [-0.4, -0.2) is 5.16 Å². The van der Waals surface area contributed by atoms with Gasteiger partial charge in [-0.05, 0) is 12.2 Å². The van der Waals surface area contributed by atoms with E-state index >= 15 is 0 Å². The fraction of sp³-hybridized carbons (Fsp3) is 0. The van der Waals surface area contributed by atoms with Crippen LogP contribution in [0.1, 0.15) is 0 Å². The van der Waals surface area contributed by atoms with Crippen LogP contribution in [0.2, 0.25) is 0 Å². The molecule has 0 aromatic heterocycles. The van der Waals surface area contributed by atoms with Gasteiger partial charge in [0.1, 0.15) is 0 Å². The fourth-order valence-electron chi connectivity index (χ4n) is 0.0720. The number of nitrogens with zero attached hydrogens (tertiary/aromatic N) is 1. The first-order valence-electron chi connectivity index (χ1n) is 1.33. The van der Waals surface area contributed by atoms with E-state index < -0.39 is 0 Å². The number of hydrogen-bond acceptors (Lipinski definition) is 2. The molecule has 0 aliphatic rings. The Hall–Kier alpha value is -0.680. The van der Waals surface area contributed by atoms with E-state index in [1.165, 1.54) is 6.20 Å². The summed E-state index contributed by atoms with van der Waals surface area (Å²) < 4.78 is 0. The maximum Gasteiger partial charge on any atom is 0.0790 e. The molecular formula is C4H3NS. The molecule has 0 aromatic rings. The summed E-state index contributed by atoms with van der Waals surface area (Å²) in [5.74, 6) is 0. The monoisotopic (exact) mass is 97.0 g/mol. The summed E-state index contributed by atoms with van der Waals surface area (Å²) in [5.41, 5.74) is 2.40. The van der Waals surface area contributed by atoms with Crippen molar-refractivity contribution in [2.75, 3.05) is 0 Å². The maximum atomic E-state index is 4.20. The molecule has 0 saturated carbocycles. The molecule has 0 saturated heterocycles. The van der Waals surface area contributed by atoms with Gasteiger partial charge in [0, 0.05) is 0 Å². The van der Waals surface area contributed by atoms with E-state index in [9.17, 15) is 0 Å². The van der Waals surface area contributed by atoms with Crippen LogP contribution in [-0.2, 0) is 0 Å². The van der Waals surface area contributed by atoms with Crippen LogP contribution < -0.4 is 0 Å². The third kappa shape index (κ3) is 3.32. The Morgan fingerprint density at radius 2 is 2.50 bits per heavy atom. The number of thiocarbonyl (C=S) groups is 1. The highest BCUT2D eigenvalue weighted by atomic mass is 32.1. The van der Waals surface area contributed by atoms with E-state index in [0.29, 0.717) is 0 Å². The van der Waals surface area contributed by atoms with Gasteiger partial charge in [-0.2, -0.15) is 4.99 Å². The first kappa shape index (κ1) is 5.32. The minimum atomic E-state index is 1.35. The second-order valence-corrected chi connectivity index (χ2v) is 0.736. The maximum absolute atomic E-state index is 4.20. The molecule has 0 atom stereocenters. The minimum absolute atomic E-state index is 1.35. The van der Waals surface area contributed by atoms with E-state index in [4.69, 9.17) is 0 Å². The number of aliphatic imine (C=N–C) groups is 1. The van der Waals surface area contributed by atoms with Crippen molar-refractivity contribution >= 4 is 17.4 Å². The van der Waals surface area contributed by atoms with Crippen molar-refractivity contribution < 1.29 is 0 Å². The molecule has 0 aliphatic heterocycles. The predicted octanol–water partition coefficient (Wildman–Crippen LogP) is 1.39. The highest BCUT2D eigenvalue weighted by molar-refractivity contribution is 7.78. The second kappa shape index (κ2) is 4.32. The van der Waals surface area contributed by atoms with Crippen LogP contribution >= 0.6 is 12.2 Å². The van der Waals surface area contributed by atoms with Crippen LogP contribution in [0.25, 0.3) is 0 Å². The van der Waals surface area contributed by atoms with Gasteiger partial charge < -0.3 is 0 Å². The van der Waals surface area contributed by atoms with E-state index in [1.807, 2.05) is 0 Å². The molecule has 1 nitrogen and oxygen atoms in total. The highest BCUT2D eigenvalue weighted by Gasteiger charge is 1.41. The molecule has 2 heteroatoms. The molecule has 0 fully saturated rings. The highest BCUT2D eigenvalue weighted by Crippen LogP contribution is 1.59. The van der Waals surface area contributed by atoms with Gasteiger partial charge in [0.05, 0.1) is 11.4 Å². The van der Waals surface area contributed by atoms with Crippen LogP contribution in [0.3, 0.4) is 0 Å². The molecule has 0 aliphatic carbocycles. The second-order valence-electron chi connectivity index (χ2n) is 0.554. The molecule has 0 aromatic carbocycles. The standard InChI is InChI=1S/C4H3NS/c1-2-3-5-4-6/h3H,1H2. The van der Waals surface area contributed by atoms with Gasteiger partial charge in [-0.15, -0.1) is 5.73 Å². The topological polar surface area (TPSA) is 12.4 Å². The van der Waals surface area contributed by atoms with Gasteiger partial charge in [0.25, 0.3) is 0 Å². The van der Waals surface area contributed by atoms with E-state index in [-0.39, 0.29) is 0 Å². The average Bonchev–Trinajstić information content (AvgIpc) is 1.61. The molecule has 0 radical (unpaired) electrons. The van der Waals surface area contributed by atoms with Crippen LogP contribution in [0.4, 0.5) is 0 Å². The Labute approximate surface area is 41.7 Å². The average molecular weight is 97.1 g/mol. The lowest BCUT2D eigenvalue weighted by Crippen LogP contribution is -1.35. The molecule has 0 N–H and O–H groups in total. The van der Waals surface area contributed by atoms with Crippen molar-refractivity contribution in [3.8, 4) is 0 Å². The molecule has 0 spiro atoms. The van der Waals surface area contributed by atoms with Crippen molar-refractivity contribution in [1.29, 1.82) is 0 Å². The lowest BCUT2D eigenvalue weighted by molar-refractivity contribution is 1.64. The van der Waals surface area contributed by atoms with Gasteiger partial charge in [0.2, 0.25) is 0 Å². The third-order valence-electron chi connectivity index (χ3n) is 0.209. The molecule has 30 valence electrons. The molecule has 0 amide bonds. The summed E-state index contributed by atoms with van der Waals surface area (Å²) in [4.78, 5) is 3.36. The molecule has 0 rings (SSSR count). The van der Waals surface area contributed by atoms with Gasteiger partial charge in [-0.25, -0.2) is 0 Å². The van der Waals surface area contributed by atoms with Crippen molar-refractivity contribution in [3.05, 3.63) is 18.5 Å².